The first kappa shape index (κ1) is 17.3. The second-order valence-electron chi connectivity index (χ2n) is 5.57. The second kappa shape index (κ2) is 7.57. The van der Waals surface area contributed by atoms with E-state index in [9.17, 15) is 4.79 Å². The van der Waals surface area contributed by atoms with Crippen LogP contribution < -0.4 is 5.32 Å². The van der Waals surface area contributed by atoms with Crippen LogP contribution in [0.15, 0.2) is 51.5 Å². The lowest BCUT2D eigenvalue weighted by Gasteiger charge is -2.12. The van der Waals surface area contributed by atoms with Crippen LogP contribution in [0.5, 0.6) is 0 Å². The van der Waals surface area contributed by atoms with Gasteiger partial charge in [-0.25, -0.2) is 4.98 Å². The van der Waals surface area contributed by atoms with Crippen molar-refractivity contribution in [3.8, 4) is 11.5 Å². The Bertz CT molecular complexity index is 894. The largest absolute Gasteiger partial charge is 0.341 e. The van der Waals surface area contributed by atoms with Gasteiger partial charge >= 0.3 is 0 Å². The van der Waals surface area contributed by atoms with E-state index >= 15 is 0 Å². The predicted molar refractivity (Wildman–Crippen MR) is 96.9 cm³/mol. The molecule has 0 bridgehead atoms. The van der Waals surface area contributed by atoms with Crippen molar-refractivity contribution in [1.82, 2.24) is 20.4 Å². The molecule has 1 amide bonds. The number of hydrogen-bond acceptors (Lipinski definition) is 5. The van der Waals surface area contributed by atoms with Crippen LogP contribution in [0.25, 0.3) is 11.5 Å². The molecule has 1 atom stereocenters. The highest BCUT2D eigenvalue weighted by atomic mass is 79.9. The van der Waals surface area contributed by atoms with Gasteiger partial charge in [0, 0.05) is 15.7 Å². The molecule has 2 heterocycles. The topological polar surface area (TPSA) is 80.9 Å². The molecule has 128 valence electrons. The quantitative estimate of drug-likeness (QED) is 0.697. The zero-order valence-electron chi connectivity index (χ0n) is 13.9. The van der Waals surface area contributed by atoms with E-state index < -0.39 is 0 Å². The van der Waals surface area contributed by atoms with Crippen LogP contribution in [0, 0.1) is 6.92 Å². The number of aromatic nitrogens is 3. The molecular formula is C18H17BrN4O2. The summed E-state index contributed by atoms with van der Waals surface area (Å²) in [5.41, 5.74) is 1.97. The summed E-state index contributed by atoms with van der Waals surface area (Å²) in [5, 5.41) is 6.93. The Labute approximate surface area is 153 Å². The second-order valence-corrected chi connectivity index (χ2v) is 6.48. The van der Waals surface area contributed by atoms with Crippen LogP contribution in [-0.2, 0) is 0 Å². The summed E-state index contributed by atoms with van der Waals surface area (Å²) < 4.78 is 6.27. The summed E-state index contributed by atoms with van der Waals surface area (Å²) in [5.74, 6) is 0.598. The third kappa shape index (κ3) is 4.11. The number of nitrogens with zero attached hydrogens (tertiary/aromatic N) is 3. The maximum atomic E-state index is 12.4. The van der Waals surface area contributed by atoms with Crippen LogP contribution >= 0.6 is 15.9 Å². The van der Waals surface area contributed by atoms with Gasteiger partial charge in [0.2, 0.25) is 0 Å². The van der Waals surface area contributed by atoms with Crippen molar-refractivity contribution >= 4 is 21.8 Å². The van der Waals surface area contributed by atoms with Crippen LogP contribution in [-0.4, -0.2) is 21.0 Å². The minimum atomic E-state index is -0.348. The number of halogens is 1. The lowest BCUT2D eigenvalue weighted by Crippen LogP contribution is -2.29. The summed E-state index contributed by atoms with van der Waals surface area (Å²) in [6, 6.07) is 12.6. The van der Waals surface area contributed by atoms with E-state index in [0.29, 0.717) is 23.8 Å². The summed E-state index contributed by atoms with van der Waals surface area (Å²) >= 11 is 3.42. The Morgan fingerprint density at radius 1 is 1.24 bits per heavy atom. The first-order valence-corrected chi connectivity index (χ1v) is 8.70. The predicted octanol–water partition coefficient (Wildman–Crippen LogP) is 4.08. The SMILES string of the molecule is CCC(NC(=O)c1cccc(C)n1)c1noc(-c2cccc(Br)c2)n1. The van der Waals surface area contributed by atoms with E-state index in [-0.39, 0.29) is 11.9 Å². The van der Waals surface area contributed by atoms with E-state index in [1.165, 1.54) is 0 Å². The zero-order valence-corrected chi connectivity index (χ0v) is 15.4. The van der Waals surface area contributed by atoms with Crippen molar-refractivity contribution in [2.45, 2.75) is 26.3 Å². The van der Waals surface area contributed by atoms with Crippen molar-refractivity contribution in [3.63, 3.8) is 0 Å². The summed E-state index contributed by atoms with van der Waals surface area (Å²) in [6.45, 7) is 3.79. The van der Waals surface area contributed by atoms with E-state index in [1.54, 1.807) is 12.1 Å². The molecule has 2 aromatic heterocycles. The minimum absolute atomic E-state index is 0.260. The summed E-state index contributed by atoms with van der Waals surface area (Å²) in [6.07, 6.45) is 0.634. The van der Waals surface area contributed by atoms with Crippen LogP contribution in [0.4, 0.5) is 0 Å². The molecule has 1 unspecified atom stereocenters. The maximum absolute atomic E-state index is 12.4. The lowest BCUT2D eigenvalue weighted by atomic mass is 10.2. The number of hydrogen-bond donors (Lipinski definition) is 1. The van der Waals surface area contributed by atoms with Crippen molar-refractivity contribution in [1.29, 1.82) is 0 Å². The third-order valence-corrected chi connectivity index (χ3v) is 4.15. The maximum Gasteiger partial charge on any atom is 0.270 e. The zero-order chi connectivity index (χ0) is 17.8. The Hall–Kier alpha value is -2.54. The molecule has 0 saturated carbocycles. The Morgan fingerprint density at radius 3 is 2.76 bits per heavy atom. The van der Waals surface area contributed by atoms with Gasteiger partial charge < -0.3 is 9.84 Å². The molecule has 6 nitrogen and oxygen atoms in total. The molecule has 7 heteroatoms. The van der Waals surface area contributed by atoms with E-state index in [4.69, 9.17) is 4.52 Å². The fourth-order valence-corrected chi connectivity index (χ4v) is 2.77. The number of aryl methyl sites for hydroxylation is 1. The van der Waals surface area contributed by atoms with Crippen molar-refractivity contribution in [2.24, 2.45) is 0 Å². The molecule has 25 heavy (non-hydrogen) atoms. The molecule has 1 N–H and O–H groups in total. The molecule has 0 aliphatic heterocycles. The molecule has 0 radical (unpaired) electrons. The van der Waals surface area contributed by atoms with Crippen molar-refractivity contribution < 1.29 is 9.32 Å². The summed E-state index contributed by atoms with van der Waals surface area (Å²) in [7, 11) is 0. The molecule has 0 aliphatic carbocycles. The molecule has 0 aliphatic rings. The van der Waals surface area contributed by atoms with Gasteiger partial charge in [0.05, 0.1) is 6.04 Å². The van der Waals surface area contributed by atoms with Gasteiger partial charge in [-0.15, -0.1) is 0 Å². The number of benzene rings is 1. The number of amides is 1. The molecule has 3 aromatic rings. The average molecular weight is 401 g/mol. The minimum Gasteiger partial charge on any atom is -0.341 e. The molecule has 0 fully saturated rings. The number of rotatable bonds is 5. The smallest absolute Gasteiger partial charge is 0.270 e. The average Bonchev–Trinajstić information content (AvgIpc) is 3.09. The van der Waals surface area contributed by atoms with Crippen molar-refractivity contribution in [3.05, 3.63) is 64.1 Å². The van der Waals surface area contributed by atoms with Gasteiger partial charge in [0.1, 0.15) is 5.69 Å². The highest BCUT2D eigenvalue weighted by molar-refractivity contribution is 9.10. The van der Waals surface area contributed by atoms with E-state index in [1.807, 2.05) is 44.2 Å². The Balaban J connectivity index is 1.78. The molecular weight excluding hydrogens is 384 g/mol. The number of carbonyl (C=O) groups is 1. The fraction of sp³-hybridized carbons (Fsp3) is 0.222. The molecule has 1 aromatic carbocycles. The van der Waals surface area contributed by atoms with Crippen LogP contribution in [0.2, 0.25) is 0 Å². The molecule has 0 spiro atoms. The Kier molecular flexibility index (Phi) is 5.23. The first-order valence-electron chi connectivity index (χ1n) is 7.91. The molecule has 0 saturated heterocycles. The summed E-state index contributed by atoms with van der Waals surface area (Å²) in [4.78, 5) is 21.1. The first-order chi connectivity index (χ1) is 12.1. The van der Waals surface area contributed by atoms with Gasteiger partial charge in [-0.2, -0.15) is 4.98 Å². The fourth-order valence-electron chi connectivity index (χ4n) is 2.37. The Morgan fingerprint density at radius 2 is 2.04 bits per heavy atom. The standard InChI is InChI=1S/C18H17BrN4O2/c1-3-14(21-17(24)15-9-4-6-11(2)20-15)16-22-18(25-23-16)12-7-5-8-13(19)10-12/h4-10,14H,3H2,1-2H3,(H,21,24). The van der Waals surface area contributed by atoms with Gasteiger partial charge in [0.25, 0.3) is 11.8 Å². The van der Waals surface area contributed by atoms with Crippen LogP contribution in [0.1, 0.15) is 41.4 Å². The monoisotopic (exact) mass is 400 g/mol. The van der Waals surface area contributed by atoms with E-state index in [2.05, 4.69) is 36.4 Å². The van der Waals surface area contributed by atoms with Gasteiger partial charge in [0.15, 0.2) is 5.82 Å². The highest BCUT2D eigenvalue weighted by Crippen LogP contribution is 2.23. The highest BCUT2D eigenvalue weighted by Gasteiger charge is 2.21. The van der Waals surface area contributed by atoms with E-state index in [0.717, 1.165) is 15.7 Å². The third-order valence-electron chi connectivity index (χ3n) is 3.66. The van der Waals surface area contributed by atoms with Crippen LogP contribution in [0.3, 0.4) is 0 Å². The van der Waals surface area contributed by atoms with Gasteiger partial charge in [-0.3, -0.25) is 4.79 Å². The normalized spacial score (nSPS) is 12.0. The lowest BCUT2D eigenvalue weighted by molar-refractivity contribution is 0.0928. The molecule has 3 rings (SSSR count). The van der Waals surface area contributed by atoms with Gasteiger partial charge in [-0.1, -0.05) is 40.1 Å². The number of carbonyl (C=O) groups excluding carboxylic acids is 1. The number of nitrogens with one attached hydrogen (secondary N) is 1. The van der Waals surface area contributed by atoms with Gasteiger partial charge in [-0.05, 0) is 43.7 Å². The van der Waals surface area contributed by atoms with Crippen molar-refractivity contribution in [2.75, 3.05) is 0 Å². The number of pyridine rings is 1.